The van der Waals surface area contributed by atoms with E-state index in [4.69, 9.17) is 0 Å². The molecule has 0 atom stereocenters. The topological polar surface area (TPSA) is 3.88 Å². The maximum atomic E-state index is 2.45. The van der Waals surface area contributed by atoms with Gasteiger partial charge in [-0.1, -0.05) is 92.8 Å². The van der Waals surface area contributed by atoms with Crippen LogP contribution in [0.15, 0.2) is 72.9 Å². The van der Waals surface area contributed by atoms with Gasteiger partial charge in [-0.25, -0.2) is 4.57 Å². The molecule has 0 fully saturated rings. The van der Waals surface area contributed by atoms with Crippen LogP contribution in [-0.4, -0.2) is 8.07 Å². The number of aromatic nitrogens is 1. The Balaban J connectivity index is 1.94. The highest BCUT2D eigenvalue weighted by molar-refractivity contribution is 7.00. The summed E-state index contributed by atoms with van der Waals surface area (Å²) in [5.41, 5.74) is 6.88. The van der Waals surface area contributed by atoms with Gasteiger partial charge in [0, 0.05) is 6.07 Å². The van der Waals surface area contributed by atoms with Gasteiger partial charge in [-0.05, 0) is 53.5 Å². The average Bonchev–Trinajstić information content (AvgIpc) is 2.75. The second-order valence-electron chi connectivity index (χ2n) is 10.8. The first-order valence-electron chi connectivity index (χ1n) is 11.6. The first-order chi connectivity index (χ1) is 15.0. The third kappa shape index (κ3) is 3.93. The Labute approximate surface area is 194 Å². The van der Waals surface area contributed by atoms with Gasteiger partial charge in [-0.2, -0.15) is 0 Å². The van der Waals surface area contributed by atoms with E-state index < -0.39 is 8.07 Å². The Kier molecular flexibility index (Phi) is 5.62. The molecule has 4 rings (SSSR count). The Morgan fingerprint density at radius 1 is 0.781 bits per heavy atom. The fourth-order valence-electron chi connectivity index (χ4n) is 4.66. The van der Waals surface area contributed by atoms with E-state index in [-0.39, 0.29) is 5.41 Å². The summed E-state index contributed by atoms with van der Waals surface area (Å²) in [4.78, 5) is 0. The Bertz CT molecular complexity index is 1290. The van der Waals surface area contributed by atoms with Crippen LogP contribution >= 0.6 is 0 Å². The maximum Gasteiger partial charge on any atom is 0.220 e. The highest BCUT2D eigenvalue weighted by atomic mass is 28.3. The first-order valence-corrected chi connectivity index (χ1v) is 14.6. The number of nitrogens with zero attached hydrogens (tertiary/aromatic N) is 1. The largest absolute Gasteiger partial charge is 0.220 e. The number of rotatable bonds is 3. The molecule has 0 aliphatic carbocycles. The third-order valence-corrected chi connectivity index (χ3v) is 10.7. The lowest BCUT2D eigenvalue weighted by Gasteiger charge is -2.24. The monoisotopic (exact) mass is 438 g/mol. The van der Waals surface area contributed by atoms with Crippen LogP contribution in [0.5, 0.6) is 0 Å². The van der Waals surface area contributed by atoms with Crippen LogP contribution in [0.1, 0.15) is 37.5 Å². The molecule has 0 saturated heterocycles. The number of pyridine rings is 1. The molecule has 164 valence electrons. The van der Waals surface area contributed by atoms with Crippen LogP contribution in [0.2, 0.25) is 13.1 Å². The predicted octanol–water partition coefficient (Wildman–Crippen LogP) is 6.07. The molecule has 2 heteroatoms. The number of hydrogen-bond acceptors (Lipinski definition) is 0. The van der Waals surface area contributed by atoms with Crippen LogP contribution in [0.4, 0.5) is 0 Å². The zero-order valence-electron chi connectivity index (χ0n) is 20.9. The van der Waals surface area contributed by atoms with Crippen molar-refractivity contribution in [3.05, 3.63) is 89.6 Å². The van der Waals surface area contributed by atoms with Crippen molar-refractivity contribution in [2.45, 2.75) is 53.1 Å². The molecule has 0 bridgehead atoms. The molecule has 4 aromatic rings. The number of fused-ring (bicyclic) bond motifs is 1. The summed E-state index contributed by atoms with van der Waals surface area (Å²) in [5, 5.41) is 5.60. The van der Waals surface area contributed by atoms with Crippen LogP contribution in [-0.2, 0) is 12.5 Å². The molecule has 0 radical (unpaired) electrons. The molecular weight excluding hydrogens is 402 g/mol. The summed E-state index contributed by atoms with van der Waals surface area (Å²) >= 11 is 0. The minimum atomic E-state index is -1.74. The van der Waals surface area contributed by atoms with Gasteiger partial charge < -0.3 is 0 Å². The van der Waals surface area contributed by atoms with E-state index in [2.05, 4.69) is 132 Å². The van der Waals surface area contributed by atoms with Gasteiger partial charge in [-0.3, -0.25) is 0 Å². The molecule has 1 nitrogen and oxygen atoms in total. The van der Waals surface area contributed by atoms with Gasteiger partial charge in [0.15, 0.2) is 6.20 Å². The molecule has 0 amide bonds. The maximum absolute atomic E-state index is 2.45. The molecule has 1 aromatic heterocycles. The Morgan fingerprint density at radius 2 is 1.47 bits per heavy atom. The van der Waals surface area contributed by atoms with Crippen molar-refractivity contribution in [2.75, 3.05) is 0 Å². The fourth-order valence-corrected chi connectivity index (χ4v) is 7.03. The van der Waals surface area contributed by atoms with Gasteiger partial charge in [-0.15, -0.1) is 0 Å². The van der Waals surface area contributed by atoms with Crippen LogP contribution in [0, 0.1) is 13.8 Å². The minimum absolute atomic E-state index is 0.120. The summed E-state index contributed by atoms with van der Waals surface area (Å²) in [6.45, 7) is 16.3. The number of hydrogen-bond donors (Lipinski definition) is 0. The molecular formula is C30H36NSi+. The molecule has 0 N–H and O–H groups in total. The third-order valence-electron chi connectivity index (χ3n) is 7.14. The molecule has 0 unspecified atom stereocenters. The van der Waals surface area contributed by atoms with Gasteiger partial charge in [0.1, 0.15) is 15.1 Å². The minimum Gasteiger partial charge on any atom is -0.200 e. The SMILES string of the molecule is Cc1cc(C(C)(C)C)cc(-c2c3ccc([Si](C)(C)c4ccccc4)cc3cc[n+]2C)c1C. The predicted molar refractivity (Wildman–Crippen MR) is 142 cm³/mol. The Morgan fingerprint density at radius 3 is 2.12 bits per heavy atom. The van der Waals surface area contributed by atoms with Gasteiger partial charge in [0.05, 0.1) is 10.9 Å². The summed E-state index contributed by atoms with van der Waals surface area (Å²) < 4.78 is 2.29. The van der Waals surface area contributed by atoms with Crippen LogP contribution in [0.3, 0.4) is 0 Å². The number of aryl methyl sites for hydroxylation is 2. The van der Waals surface area contributed by atoms with Crippen LogP contribution < -0.4 is 14.9 Å². The zero-order valence-corrected chi connectivity index (χ0v) is 21.9. The molecule has 0 aliphatic rings. The normalized spacial score (nSPS) is 12.4. The van der Waals surface area contributed by atoms with Crippen molar-refractivity contribution in [3.8, 4) is 11.3 Å². The highest BCUT2D eigenvalue weighted by Gasteiger charge is 2.27. The van der Waals surface area contributed by atoms with Crippen LogP contribution in [0.25, 0.3) is 22.0 Å². The van der Waals surface area contributed by atoms with Gasteiger partial charge in [0.25, 0.3) is 0 Å². The van der Waals surface area contributed by atoms with Gasteiger partial charge >= 0.3 is 0 Å². The van der Waals surface area contributed by atoms with Crippen molar-refractivity contribution in [2.24, 2.45) is 7.05 Å². The zero-order chi connectivity index (χ0) is 23.3. The number of benzene rings is 3. The van der Waals surface area contributed by atoms with E-state index in [1.165, 1.54) is 49.1 Å². The summed E-state index contributed by atoms with van der Waals surface area (Å²) in [6.07, 6.45) is 2.22. The average molecular weight is 439 g/mol. The standard InChI is InChI=1S/C30H36NSi/c1-21-18-24(30(3,4)5)20-28(22(21)2)29-27-15-14-26(19-23(27)16-17-31(29)6)32(7,8)25-12-10-9-11-13-25/h9-20H,1-8H3/q+1. The van der Waals surface area contributed by atoms with E-state index in [1.54, 1.807) is 0 Å². The molecule has 1 heterocycles. The molecule has 32 heavy (non-hydrogen) atoms. The van der Waals surface area contributed by atoms with E-state index in [0.29, 0.717) is 0 Å². The van der Waals surface area contributed by atoms with E-state index >= 15 is 0 Å². The van der Waals surface area contributed by atoms with E-state index in [9.17, 15) is 0 Å². The summed E-state index contributed by atoms with van der Waals surface area (Å²) in [5.74, 6) is 0. The lowest BCUT2D eigenvalue weighted by molar-refractivity contribution is -0.659. The highest BCUT2D eigenvalue weighted by Crippen LogP contribution is 2.34. The second-order valence-corrected chi connectivity index (χ2v) is 15.2. The fraction of sp³-hybridized carbons (Fsp3) is 0.300. The van der Waals surface area contributed by atoms with E-state index in [1.807, 2.05) is 0 Å². The van der Waals surface area contributed by atoms with Crippen molar-refractivity contribution in [1.82, 2.24) is 0 Å². The smallest absolute Gasteiger partial charge is 0.200 e. The Hall–Kier alpha value is -2.71. The quantitative estimate of drug-likeness (QED) is 0.270. The van der Waals surface area contributed by atoms with Crippen molar-refractivity contribution in [3.63, 3.8) is 0 Å². The lowest BCUT2D eigenvalue weighted by atomic mass is 9.83. The second kappa shape index (κ2) is 8.01. The van der Waals surface area contributed by atoms with Crippen molar-refractivity contribution >= 4 is 29.2 Å². The lowest BCUT2D eigenvalue weighted by Crippen LogP contribution is -2.52. The first kappa shape index (κ1) is 22.5. The van der Waals surface area contributed by atoms with E-state index in [0.717, 1.165) is 0 Å². The molecule has 0 spiro atoms. The molecule has 3 aromatic carbocycles. The summed E-state index contributed by atoms with van der Waals surface area (Å²) in [7, 11) is 0.427. The van der Waals surface area contributed by atoms with Gasteiger partial charge in [0.2, 0.25) is 5.69 Å². The van der Waals surface area contributed by atoms with Crippen molar-refractivity contribution in [1.29, 1.82) is 0 Å². The van der Waals surface area contributed by atoms with Crippen molar-refractivity contribution < 1.29 is 4.57 Å². The molecule has 0 aliphatic heterocycles. The summed E-state index contributed by atoms with van der Waals surface area (Å²) in [6, 6.07) is 25.2. The molecule has 0 saturated carbocycles.